The Balaban J connectivity index is 1.18. The summed E-state index contributed by atoms with van der Waals surface area (Å²) in [6.45, 7) is 14.0. The molecule has 0 aromatic heterocycles. The molecule has 0 unspecified atom stereocenters. The summed E-state index contributed by atoms with van der Waals surface area (Å²) >= 11 is 0. The molecule has 2 heterocycles. The number of amides is 1. The number of carbonyl (C=O) groups is 1. The van der Waals surface area contributed by atoms with Crippen molar-refractivity contribution >= 4 is 17.7 Å². The van der Waals surface area contributed by atoms with Crippen LogP contribution in [0.15, 0.2) is 54.6 Å². The molecule has 0 radical (unpaired) electrons. The van der Waals surface area contributed by atoms with E-state index >= 15 is 0 Å². The first-order chi connectivity index (χ1) is 15.6. The van der Waals surface area contributed by atoms with Crippen LogP contribution in [0.3, 0.4) is 0 Å². The molecular weight excluding hydrogens is 396 g/mol. The molecule has 2 saturated heterocycles. The minimum atomic E-state index is 0.332. The van der Waals surface area contributed by atoms with Gasteiger partial charge in [-0.2, -0.15) is 0 Å². The maximum Gasteiger partial charge on any atom is 0.278 e. The van der Waals surface area contributed by atoms with E-state index in [1.807, 2.05) is 6.07 Å². The van der Waals surface area contributed by atoms with Crippen LogP contribution in [0.4, 0.5) is 5.69 Å². The number of hydrogen-bond donors (Lipinski definition) is 2. The minimum Gasteiger partial charge on any atom is -0.360 e. The van der Waals surface area contributed by atoms with Gasteiger partial charge in [0.25, 0.3) is 5.91 Å². The van der Waals surface area contributed by atoms with E-state index in [0.29, 0.717) is 12.5 Å². The summed E-state index contributed by atoms with van der Waals surface area (Å²) < 4.78 is 0. The molecule has 32 heavy (non-hydrogen) atoms. The van der Waals surface area contributed by atoms with Crippen molar-refractivity contribution in [2.45, 2.75) is 13.8 Å². The molecule has 2 N–H and O–H groups in total. The molecule has 0 aliphatic carbocycles. The van der Waals surface area contributed by atoms with Crippen LogP contribution in [0.5, 0.6) is 0 Å². The van der Waals surface area contributed by atoms with Crippen LogP contribution < -0.4 is 14.7 Å². The summed E-state index contributed by atoms with van der Waals surface area (Å²) in [5, 5.41) is 0. The van der Waals surface area contributed by atoms with E-state index in [1.165, 1.54) is 27.3 Å². The molecule has 170 valence electrons. The Morgan fingerprint density at radius 3 is 2.28 bits per heavy atom. The fourth-order valence-electron chi connectivity index (χ4n) is 4.85. The van der Waals surface area contributed by atoms with Crippen LogP contribution in [0.25, 0.3) is 6.08 Å². The Kier molecular flexibility index (Phi) is 7.61. The van der Waals surface area contributed by atoms with Gasteiger partial charge in [0.2, 0.25) is 0 Å². The van der Waals surface area contributed by atoms with Gasteiger partial charge >= 0.3 is 0 Å². The Bertz CT molecular complexity index is 911. The summed E-state index contributed by atoms with van der Waals surface area (Å²) in [7, 11) is 0. The summed E-state index contributed by atoms with van der Waals surface area (Å²) in [4.78, 5) is 20.5. The number of rotatable bonds is 6. The molecule has 0 spiro atoms. The number of carbonyl (C=O) groups excluding carboxylic acids is 1. The third-order valence-electron chi connectivity index (χ3n) is 7.13. The van der Waals surface area contributed by atoms with Crippen molar-refractivity contribution in [1.29, 1.82) is 0 Å². The molecule has 2 fully saturated rings. The molecule has 0 atom stereocenters. The second-order valence-corrected chi connectivity index (χ2v) is 9.28. The highest BCUT2D eigenvalue weighted by Gasteiger charge is 2.28. The molecule has 2 aliphatic heterocycles. The van der Waals surface area contributed by atoms with Crippen molar-refractivity contribution in [2.24, 2.45) is 0 Å². The smallest absolute Gasteiger partial charge is 0.278 e. The first-order valence-electron chi connectivity index (χ1n) is 12.1. The van der Waals surface area contributed by atoms with E-state index in [0.717, 1.165) is 58.9 Å². The van der Waals surface area contributed by atoms with Crippen LogP contribution in [0.2, 0.25) is 0 Å². The normalized spacial score (nSPS) is 18.4. The Morgan fingerprint density at radius 2 is 1.56 bits per heavy atom. The molecule has 2 aromatic carbocycles. The number of piperazine rings is 2. The van der Waals surface area contributed by atoms with Gasteiger partial charge in [-0.25, -0.2) is 0 Å². The molecule has 5 nitrogen and oxygen atoms in total. The zero-order valence-electron chi connectivity index (χ0n) is 19.6. The Labute approximate surface area is 192 Å². The third kappa shape index (κ3) is 5.78. The van der Waals surface area contributed by atoms with Gasteiger partial charge in [0.15, 0.2) is 6.54 Å². The standard InChI is InChI=1S/C27H36N4O/c1-23-8-6-12-26(24(23)2)30-18-16-29(17-19-30)22-27(32)31-20-14-28(15-21-31)13-7-11-25-9-4-3-5-10-25/h3-12H,13-22H2,1-2H3/p+2/b11-7+. The molecule has 4 rings (SSSR count). The van der Waals surface area contributed by atoms with Crippen LogP contribution in [0, 0.1) is 13.8 Å². The average molecular weight is 435 g/mol. The number of benzene rings is 2. The van der Waals surface area contributed by atoms with Crippen LogP contribution in [-0.4, -0.2) is 76.3 Å². The third-order valence-corrected chi connectivity index (χ3v) is 7.13. The highest BCUT2D eigenvalue weighted by molar-refractivity contribution is 5.77. The SMILES string of the molecule is Cc1cccc(N2CC[NH+](CC(=O)N3CC[NH+](C/C=C/c4ccccc4)CC3)CC2)c1C. The van der Waals surface area contributed by atoms with Gasteiger partial charge in [-0.05, 0) is 42.7 Å². The maximum atomic E-state index is 12.9. The van der Waals surface area contributed by atoms with E-state index < -0.39 is 0 Å². The number of nitrogens with zero attached hydrogens (tertiary/aromatic N) is 2. The first-order valence-corrected chi connectivity index (χ1v) is 12.1. The maximum absolute atomic E-state index is 12.9. The van der Waals surface area contributed by atoms with Crippen molar-refractivity contribution in [2.75, 3.05) is 70.3 Å². The molecule has 5 heteroatoms. The first kappa shape index (κ1) is 22.6. The summed E-state index contributed by atoms with van der Waals surface area (Å²) in [5.41, 5.74) is 5.34. The average Bonchev–Trinajstić information content (AvgIpc) is 2.83. The van der Waals surface area contributed by atoms with Gasteiger partial charge in [0, 0.05) is 5.69 Å². The van der Waals surface area contributed by atoms with Gasteiger partial charge < -0.3 is 19.6 Å². The van der Waals surface area contributed by atoms with Crippen LogP contribution in [-0.2, 0) is 4.79 Å². The molecule has 0 saturated carbocycles. The Morgan fingerprint density at radius 1 is 0.875 bits per heavy atom. The quantitative estimate of drug-likeness (QED) is 0.692. The van der Waals surface area contributed by atoms with Crippen LogP contribution >= 0.6 is 0 Å². The van der Waals surface area contributed by atoms with E-state index in [-0.39, 0.29) is 0 Å². The number of quaternary nitrogens is 2. The zero-order chi connectivity index (χ0) is 22.3. The molecule has 0 bridgehead atoms. The predicted molar refractivity (Wildman–Crippen MR) is 131 cm³/mol. The number of nitrogens with one attached hydrogen (secondary N) is 2. The van der Waals surface area contributed by atoms with Crippen molar-refractivity contribution < 1.29 is 14.6 Å². The Hall–Kier alpha value is -2.63. The van der Waals surface area contributed by atoms with E-state index in [2.05, 4.69) is 78.3 Å². The van der Waals surface area contributed by atoms with Crippen molar-refractivity contribution in [3.63, 3.8) is 0 Å². The van der Waals surface area contributed by atoms with Crippen molar-refractivity contribution in [1.82, 2.24) is 4.90 Å². The van der Waals surface area contributed by atoms with Gasteiger partial charge in [-0.15, -0.1) is 0 Å². The van der Waals surface area contributed by atoms with E-state index in [9.17, 15) is 4.79 Å². The lowest BCUT2D eigenvalue weighted by Crippen LogP contribution is -3.16. The lowest BCUT2D eigenvalue weighted by Gasteiger charge is -2.36. The second kappa shape index (κ2) is 10.8. The molecule has 2 aliphatic rings. The predicted octanol–water partition coefficient (Wildman–Crippen LogP) is 0.449. The lowest BCUT2D eigenvalue weighted by atomic mass is 10.1. The molecule has 1 amide bonds. The van der Waals surface area contributed by atoms with Gasteiger partial charge in [-0.3, -0.25) is 4.79 Å². The molecule has 2 aromatic rings. The van der Waals surface area contributed by atoms with Gasteiger partial charge in [-0.1, -0.05) is 48.5 Å². The summed E-state index contributed by atoms with van der Waals surface area (Å²) in [6.07, 6.45) is 4.47. The van der Waals surface area contributed by atoms with Crippen molar-refractivity contribution in [3.05, 3.63) is 71.3 Å². The summed E-state index contributed by atoms with van der Waals surface area (Å²) in [5.74, 6) is 0.332. The summed E-state index contributed by atoms with van der Waals surface area (Å²) in [6, 6.07) is 17.0. The monoisotopic (exact) mass is 434 g/mol. The zero-order valence-corrected chi connectivity index (χ0v) is 19.6. The van der Waals surface area contributed by atoms with Crippen molar-refractivity contribution in [3.8, 4) is 0 Å². The number of anilines is 1. The number of hydrogen-bond acceptors (Lipinski definition) is 2. The second-order valence-electron chi connectivity index (χ2n) is 9.28. The van der Waals surface area contributed by atoms with E-state index in [1.54, 1.807) is 4.90 Å². The fraction of sp³-hybridized carbons (Fsp3) is 0.444. The van der Waals surface area contributed by atoms with Gasteiger partial charge in [0.1, 0.15) is 0 Å². The number of aryl methyl sites for hydroxylation is 1. The highest BCUT2D eigenvalue weighted by Crippen LogP contribution is 2.22. The topological polar surface area (TPSA) is 32.4 Å². The van der Waals surface area contributed by atoms with Gasteiger partial charge in [0.05, 0.1) is 58.9 Å². The minimum absolute atomic E-state index is 0.332. The fourth-order valence-corrected chi connectivity index (χ4v) is 4.85. The largest absolute Gasteiger partial charge is 0.360 e. The lowest BCUT2D eigenvalue weighted by molar-refractivity contribution is -0.899. The highest BCUT2D eigenvalue weighted by atomic mass is 16.2. The van der Waals surface area contributed by atoms with Crippen LogP contribution in [0.1, 0.15) is 16.7 Å². The molecular formula is C27H38N4O+2. The van der Waals surface area contributed by atoms with E-state index in [4.69, 9.17) is 0 Å².